The molecule has 0 atom stereocenters. The average molecular weight is 416 g/mol. The van der Waals surface area contributed by atoms with Crippen molar-refractivity contribution in [3.8, 4) is 0 Å². The summed E-state index contributed by atoms with van der Waals surface area (Å²) in [6.07, 6.45) is -34.3. The predicted octanol–water partition coefficient (Wildman–Crippen LogP) is 4.42. The van der Waals surface area contributed by atoms with Gasteiger partial charge in [0.05, 0.1) is 0 Å². The van der Waals surface area contributed by atoms with Crippen LogP contribution in [0.1, 0.15) is 0 Å². The van der Waals surface area contributed by atoms with Crippen molar-refractivity contribution in [3.05, 3.63) is 0 Å². The van der Waals surface area contributed by atoms with E-state index >= 15 is 0 Å². The van der Waals surface area contributed by atoms with Gasteiger partial charge in [-0.1, -0.05) is 4.94 Å². The normalized spacial score (nSPS) is 15.6. The Morgan fingerprint density at radius 1 is 0.560 bits per heavy atom. The van der Waals surface area contributed by atoms with Gasteiger partial charge >= 0.3 is 36.7 Å². The molecular formula is C7H2F14O4. The lowest BCUT2D eigenvalue weighted by Gasteiger charge is -2.34. The van der Waals surface area contributed by atoms with Crippen molar-refractivity contribution in [1.82, 2.24) is 0 Å². The fourth-order valence-corrected chi connectivity index (χ4v) is 0.837. The lowest BCUT2D eigenvalue weighted by atomic mass is 10.3. The molecule has 0 heterocycles. The van der Waals surface area contributed by atoms with Crippen molar-refractivity contribution in [1.29, 1.82) is 0 Å². The SMILES string of the molecule is FCOC(F)(F)C(F)(F)C(F)(F)OC(F)(F)C(F)(F)OC(F)(F)OF. The molecule has 0 bridgehead atoms. The second kappa shape index (κ2) is 6.88. The zero-order valence-electron chi connectivity index (χ0n) is 10.6. The van der Waals surface area contributed by atoms with E-state index in [1.54, 1.807) is 4.74 Å². The Morgan fingerprint density at radius 3 is 1.32 bits per heavy atom. The van der Waals surface area contributed by atoms with Gasteiger partial charge in [-0.25, -0.2) is 13.9 Å². The third-order valence-corrected chi connectivity index (χ3v) is 1.90. The monoisotopic (exact) mass is 416 g/mol. The van der Waals surface area contributed by atoms with E-state index in [0.29, 0.717) is 0 Å². The second-order valence-corrected chi connectivity index (χ2v) is 3.64. The van der Waals surface area contributed by atoms with Crippen molar-refractivity contribution >= 4 is 0 Å². The zero-order chi connectivity index (χ0) is 20.5. The lowest BCUT2D eigenvalue weighted by molar-refractivity contribution is -0.580. The minimum absolute atomic E-state index is 1.31. The van der Waals surface area contributed by atoms with Gasteiger partial charge in [-0.2, -0.15) is 43.9 Å². The molecule has 0 fully saturated rings. The molecule has 152 valence electrons. The predicted molar refractivity (Wildman–Crippen MR) is 41.1 cm³/mol. The molecule has 0 rings (SSSR count). The van der Waals surface area contributed by atoms with Gasteiger partial charge in [-0.05, 0) is 4.53 Å². The summed E-state index contributed by atoms with van der Waals surface area (Å²) >= 11 is 0. The summed E-state index contributed by atoms with van der Waals surface area (Å²) in [5.41, 5.74) is 0. The van der Waals surface area contributed by atoms with E-state index < -0.39 is 43.5 Å². The van der Waals surface area contributed by atoms with Crippen molar-refractivity contribution in [2.75, 3.05) is 6.86 Å². The Morgan fingerprint density at radius 2 is 0.960 bits per heavy atom. The van der Waals surface area contributed by atoms with Gasteiger partial charge in [0.1, 0.15) is 0 Å². The van der Waals surface area contributed by atoms with Crippen LogP contribution >= 0.6 is 0 Å². The van der Waals surface area contributed by atoms with Gasteiger partial charge in [0.15, 0.2) is 6.86 Å². The summed E-state index contributed by atoms with van der Waals surface area (Å²) < 4.78 is 178. The Balaban J connectivity index is 5.63. The average Bonchev–Trinajstić information content (AvgIpc) is 2.35. The van der Waals surface area contributed by atoms with E-state index in [2.05, 4.69) is 4.74 Å². The topological polar surface area (TPSA) is 36.9 Å². The highest BCUT2D eigenvalue weighted by atomic mass is 19.4. The Hall–Kier alpha value is -1.14. The number of hydrogen-bond acceptors (Lipinski definition) is 4. The van der Waals surface area contributed by atoms with Crippen LogP contribution in [-0.4, -0.2) is 43.5 Å². The first-order valence-electron chi connectivity index (χ1n) is 4.95. The number of rotatable bonds is 10. The van der Waals surface area contributed by atoms with Crippen LogP contribution in [0.2, 0.25) is 0 Å². The molecule has 0 aliphatic rings. The van der Waals surface area contributed by atoms with Crippen LogP contribution in [0, 0.1) is 0 Å². The maximum Gasteiger partial charge on any atom is 0.521 e. The molecule has 0 N–H and O–H groups in total. The summed E-state index contributed by atoms with van der Waals surface area (Å²) in [4.78, 5) is 1.31. The van der Waals surface area contributed by atoms with Crippen LogP contribution in [0.5, 0.6) is 0 Å². The van der Waals surface area contributed by atoms with Crippen LogP contribution < -0.4 is 0 Å². The molecule has 0 aliphatic carbocycles. The molecule has 18 heteroatoms. The van der Waals surface area contributed by atoms with Crippen LogP contribution in [0.4, 0.5) is 61.6 Å². The minimum atomic E-state index is -7.27. The molecule has 0 unspecified atom stereocenters. The Labute approximate surface area is 126 Å². The highest BCUT2D eigenvalue weighted by Gasteiger charge is 2.79. The van der Waals surface area contributed by atoms with E-state index in [0.717, 1.165) is 0 Å². The molecule has 0 amide bonds. The molecule has 25 heavy (non-hydrogen) atoms. The first-order valence-corrected chi connectivity index (χ1v) is 4.95. The molecule has 0 saturated carbocycles. The number of hydrogen-bond donors (Lipinski definition) is 0. The number of alkyl halides is 13. The molecule has 0 aromatic heterocycles. The van der Waals surface area contributed by atoms with E-state index in [9.17, 15) is 61.6 Å². The van der Waals surface area contributed by atoms with Gasteiger partial charge in [0.25, 0.3) is 0 Å². The minimum Gasteiger partial charge on any atom is -0.283 e. The van der Waals surface area contributed by atoms with E-state index in [4.69, 9.17) is 0 Å². The first-order chi connectivity index (χ1) is 10.8. The van der Waals surface area contributed by atoms with Gasteiger partial charge in [-0.3, -0.25) is 4.74 Å². The quantitative estimate of drug-likeness (QED) is 0.391. The summed E-state index contributed by atoms with van der Waals surface area (Å²) in [6.45, 7) is -2.87. The van der Waals surface area contributed by atoms with Crippen molar-refractivity contribution in [2.45, 2.75) is 36.7 Å². The van der Waals surface area contributed by atoms with Crippen molar-refractivity contribution < 1.29 is 80.8 Å². The highest BCUT2D eigenvalue weighted by Crippen LogP contribution is 2.51. The lowest BCUT2D eigenvalue weighted by Crippen LogP contribution is -2.61. The molecular weight excluding hydrogens is 414 g/mol. The standard InChI is InChI=1S/C7H2F14O4/c8-1-22-3(11,12)2(9,10)4(13,14)23-5(15,16)6(17,18)24-7(19,20)25-21/h1H2. The van der Waals surface area contributed by atoms with Crippen LogP contribution in [-0.2, 0) is 19.2 Å². The maximum absolute atomic E-state index is 12.7. The fraction of sp³-hybridized carbons (Fsp3) is 1.00. The maximum atomic E-state index is 12.7. The van der Waals surface area contributed by atoms with Gasteiger partial charge in [-0.15, -0.1) is 8.78 Å². The molecule has 0 aromatic rings. The molecule has 0 aliphatic heterocycles. The fourth-order valence-electron chi connectivity index (χ4n) is 0.837. The molecule has 0 aromatic carbocycles. The third kappa shape index (κ3) is 4.94. The Bertz CT molecular complexity index is 450. The van der Waals surface area contributed by atoms with Crippen LogP contribution in [0.3, 0.4) is 0 Å². The zero-order valence-corrected chi connectivity index (χ0v) is 10.6. The van der Waals surface area contributed by atoms with E-state index in [1.165, 1.54) is 9.68 Å². The van der Waals surface area contributed by atoms with Crippen LogP contribution in [0.15, 0.2) is 0 Å². The molecule has 0 spiro atoms. The summed E-state index contributed by atoms with van der Waals surface area (Å²) in [5, 5.41) is 0. The third-order valence-electron chi connectivity index (χ3n) is 1.90. The Kier molecular flexibility index (Phi) is 6.56. The number of halogens is 14. The van der Waals surface area contributed by atoms with E-state index in [-0.39, 0.29) is 0 Å². The first kappa shape index (κ1) is 23.9. The highest BCUT2D eigenvalue weighted by molar-refractivity contribution is 4.87. The van der Waals surface area contributed by atoms with Gasteiger partial charge in [0, 0.05) is 0 Å². The molecule has 0 saturated heterocycles. The van der Waals surface area contributed by atoms with Crippen molar-refractivity contribution in [3.63, 3.8) is 0 Å². The van der Waals surface area contributed by atoms with Crippen molar-refractivity contribution in [2.24, 2.45) is 0 Å². The van der Waals surface area contributed by atoms with Gasteiger partial charge < -0.3 is 0 Å². The summed E-state index contributed by atoms with van der Waals surface area (Å²) in [7, 11) is 0. The largest absolute Gasteiger partial charge is 0.521 e. The second-order valence-electron chi connectivity index (χ2n) is 3.64. The van der Waals surface area contributed by atoms with Gasteiger partial charge in [0.2, 0.25) is 0 Å². The summed E-state index contributed by atoms with van der Waals surface area (Å²) in [5.74, 6) is -7.22. The summed E-state index contributed by atoms with van der Waals surface area (Å²) in [6, 6.07) is 0. The number of ether oxygens (including phenoxy) is 3. The molecule has 0 radical (unpaired) electrons. The van der Waals surface area contributed by atoms with Crippen LogP contribution in [0.25, 0.3) is 0 Å². The molecule has 4 nitrogen and oxygen atoms in total. The van der Waals surface area contributed by atoms with E-state index in [1.807, 2.05) is 0 Å². The smallest absolute Gasteiger partial charge is 0.283 e.